The average molecular weight is 341 g/mol. The van der Waals surface area contributed by atoms with E-state index in [1.807, 2.05) is 0 Å². The molecule has 2 fully saturated rings. The zero-order valence-electron chi connectivity index (χ0n) is 13.2. The molecule has 132 valence electrons. The van der Waals surface area contributed by atoms with Crippen molar-refractivity contribution in [3.8, 4) is 5.75 Å². The minimum Gasteiger partial charge on any atom is -0.482 e. The van der Waals surface area contributed by atoms with Gasteiger partial charge in [0.1, 0.15) is 24.1 Å². The van der Waals surface area contributed by atoms with E-state index < -0.39 is 41.4 Å². The summed E-state index contributed by atoms with van der Waals surface area (Å²) < 4.78 is 22.1. The predicted molar refractivity (Wildman–Crippen MR) is 79.3 cm³/mol. The molecular formula is C15H19NO8. The normalized spacial score (nSPS) is 35.1. The van der Waals surface area contributed by atoms with E-state index in [1.165, 1.54) is 24.3 Å². The smallest absolute Gasteiger partial charge is 0.269 e. The van der Waals surface area contributed by atoms with Crippen molar-refractivity contribution in [1.82, 2.24) is 0 Å². The third-order valence-electron chi connectivity index (χ3n) is 3.97. The third-order valence-corrected chi connectivity index (χ3v) is 3.97. The second kappa shape index (κ2) is 6.26. The van der Waals surface area contributed by atoms with E-state index in [9.17, 15) is 20.3 Å². The molecule has 2 N–H and O–H groups in total. The van der Waals surface area contributed by atoms with E-state index in [0.717, 1.165) is 0 Å². The fourth-order valence-electron chi connectivity index (χ4n) is 2.77. The molecule has 1 aromatic carbocycles. The number of rotatable bonds is 3. The highest BCUT2D eigenvalue weighted by atomic mass is 16.7. The SMILES string of the molecule is CC1(C)OC[C@H]2O[C@@H](O)[C@H](Oc3ccc([N+](=O)[O-])cc3)[C@@H](O)[C@H]2O1. The second-order valence-corrected chi connectivity index (χ2v) is 6.18. The molecule has 0 aromatic heterocycles. The number of nitro groups is 1. The number of fused-ring (bicyclic) bond motifs is 1. The van der Waals surface area contributed by atoms with Gasteiger partial charge in [-0.15, -0.1) is 0 Å². The molecule has 0 aliphatic carbocycles. The first kappa shape index (κ1) is 17.1. The summed E-state index contributed by atoms with van der Waals surface area (Å²) in [6.45, 7) is 3.61. The molecule has 0 radical (unpaired) electrons. The van der Waals surface area contributed by atoms with Gasteiger partial charge in [0.05, 0.1) is 11.5 Å². The minimum atomic E-state index is -1.38. The molecule has 5 atom stereocenters. The van der Waals surface area contributed by atoms with Crippen LogP contribution < -0.4 is 4.74 Å². The molecule has 3 rings (SSSR count). The van der Waals surface area contributed by atoms with Gasteiger partial charge in [0.2, 0.25) is 0 Å². The summed E-state index contributed by atoms with van der Waals surface area (Å²) in [5, 5.41) is 31.3. The lowest BCUT2D eigenvalue weighted by atomic mass is 9.97. The molecule has 2 saturated heterocycles. The number of hydrogen-bond acceptors (Lipinski definition) is 8. The number of ether oxygens (including phenoxy) is 4. The Morgan fingerprint density at radius 1 is 1.29 bits per heavy atom. The quantitative estimate of drug-likeness (QED) is 0.605. The molecule has 1 aromatic rings. The zero-order valence-corrected chi connectivity index (χ0v) is 13.2. The summed E-state index contributed by atoms with van der Waals surface area (Å²) in [7, 11) is 0. The van der Waals surface area contributed by atoms with Crippen LogP contribution in [-0.4, -0.2) is 58.2 Å². The average Bonchev–Trinajstić information content (AvgIpc) is 2.52. The van der Waals surface area contributed by atoms with Gasteiger partial charge in [0, 0.05) is 12.1 Å². The van der Waals surface area contributed by atoms with Gasteiger partial charge in [-0.2, -0.15) is 0 Å². The van der Waals surface area contributed by atoms with Crippen molar-refractivity contribution in [2.45, 2.75) is 50.3 Å². The Labute approximate surface area is 137 Å². The van der Waals surface area contributed by atoms with Gasteiger partial charge in [-0.05, 0) is 26.0 Å². The van der Waals surface area contributed by atoms with Crippen LogP contribution >= 0.6 is 0 Å². The number of benzene rings is 1. The minimum absolute atomic E-state index is 0.0853. The van der Waals surface area contributed by atoms with Crippen LogP contribution in [0.2, 0.25) is 0 Å². The maximum absolute atomic E-state index is 10.7. The largest absolute Gasteiger partial charge is 0.482 e. The first-order valence-corrected chi connectivity index (χ1v) is 7.51. The van der Waals surface area contributed by atoms with Crippen LogP contribution in [0, 0.1) is 10.1 Å². The molecule has 9 nitrogen and oxygen atoms in total. The maximum Gasteiger partial charge on any atom is 0.269 e. The Kier molecular flexibility index (Phi) is 4.45. The van der Waals surface area contributed by atoms with Crippen molar-refractivity contribution in [2.75, 3.05) is 6.61 Å². The van der Waals surface area contributed by atoms with E-state index in [4.69, 9.17) is 18.9 Å². The molecule has 0 unspecified atom stereocenters. The molecule has 0 amide bonds. The molecule has 24 heavy (non-hydrogen) atoms. The highest BCUT2D eigenvalue weighted by molar-refractivity contribution is 5.36. The van der Waals surface area contributed by atoms with Gasteiger partial charge in [0.25, 0.3) is 5.69 Å². The van der Waals surface area contributed by atoms with Gasteiger partial charge in [0.15, 0.2) is 18.2 Å². The first-order valence-electron chi connectivity index (χ1n) is 7.51. The van der Waals surface area contributed by atoms with Crippen LogP contribution in [0.4, 0.5) is 5.69 Å². The number of nitrogens with zero attached hydrogens (tertiary/aromatic N) is 1. The Bertz CT molecular complexity index is 604. The highest BCUT2D eigenvalue weighted by Crippen LogP contribution is 2.33. The molecule has 9 heteroatoms. The molecule has 2 heterocycles. The number of nitro benzene ring substituents is 1. The number of aliphatic hydroxyl groups is 2. The Balaban J connectivity index is 1.73. The van der Waals surface area contributed by atoms with Gasteiger partial charge in [-0.3, -0.25) is 10.1 Å². The lowest BCUT2D eigenvalue weighted by Crippen LogP contribution is -2.65. The van der Waals surface area contributed by atoms with Gasteiger partial charge >= 0.3 is 0 Å². The van der Waals surface area contributed by atoms with E-state index >= 15 is 0 Å². The fourth-order valence-corrected chi connectivity index (χ4v) is 2.77. The highest BCUT2D eigenvalue weighted by Gasteiger charge is 2.51. The van der Waals surface area contributed by atoms with E-state index in [-0.39, 0.29) is 18.0 Å². The first-order chi connectivity index (χ1) is 11.3. The maximum atomic E-state index is 10.7. The number of non-ortho nitro benzene ring substituents is 1. The summed E-state index contributed by atoms with van der Waals surface area (Å²) in [6, 6.07) is 5.32. The summed E-state index contributed by atoms with van der Waals surface area (Å²) >= 11 is 0. The molecule has 0 bridgehead atoms. The van der Waals surface area contributed by atoms with Gasteiger partial charge in [-0.25, -0.2) is 0 Å². The lowest BCUT2D eigenvalue weighted by molar-refractivity contribution is -0.385. The molecule has 0 spiro atoms. The number of hydrogen-bond donors (Lipinski definition) is 2. The van der Waals surface area contributed by atoms with Crippen molar-refractivity contribution in [2.24, 2.45) is 0 Å². The van der Waals surface area contributed by atoms with Crippen molar-refractivity contribution in [3.63, 3.8) is 0 Å². The number of aliphatic hydroxyl groups excluding tert-OH is 2. The van der Waals surface area contributed by atoms with Crippen LogP contribution in [0.1, 0.15) is 13.8 Å². The van der Waals surface area contributed by atoms with Crippen molar-refractivity contribution in [3.05, 3.63) is 34.4 Å². The molecule has 0 saturated carbocycles. The summed E-state index contributed by atoms with van der Waals surface area (Å²) in [4.78, 5) is 10.1. The Hall–Kier alpha value is -1.78. The lowest BCUT2D eigenvalue weighted by Gasteiger charge is -2.48. The summed E-state index contributed by atoms with van der Waals surface area (Å²) in [5.41, 5.74) is -0.0853. The standard InChI is InChI=1S/C15H19NO8/c1-15(2)21-7-10-12(24-15)11(17)13(14(18)23-10)22-9-5-3-8(4-6-9)16(19)20/h3-6,10-14,17-18H,7H2,1-2H3/t10-,11+,12+,13-,14-/m1/s1. The van der Waals surface area contributed by atoms with E-state index in [2.05, 4.69) is 0 Å². The van der Waals surface area contributed by atoms with Crippen LogP contribution in [0.3, 0.4) is 0 Å². The molecular weight excluding hydrogens is 322 g/mol. The van der Waals surface area contributed by atoms with E-state index in [0.29, 0.717) is 0 Å². The monoisotopic (exact) mass is 341 g/mol. The fraction of sp³-hybridized carbons (Fsp3) is 0.600. The predicted octanol–water partition coefficient (Wildman–Crippen LogP) is 0.572. The van der Waals surface area contributed by atoms with E-state index in [1.54, 1.807) is 13.8 Å². The molecule has 2 aliphatic heterocycles. The van der Waals surface area contributed by atoms with Gasteiger partial charge in [-0.1, -0.05) is 0 Å². The van der Waals surface area contributed by atoms with Crippen molar-refractivity contribution >= 4 is 5.69 Å². The molecule has 2 aliphatic rings. The van der Waals surface area contributed by atoms with Crippen LogP contribution in [0.15, 0.2) is 24.3 Å². The Morgan fingerprint density at radius 2 is 1.96 bits per heavy atom. The third kappa shape index (κ3) is 3.35. The van der Waals surface area contributed by atoms with Crippen molar-refractivity contribution < 1.29 is 34.1 Å². The van der Waals surface area contributed by atoms with Gasteiger partial charge < -0.3 is 29.2 Å². The van der Waals surface area contributed by atoms with Crippen molar-refractivity contribution in [1.29, 1.82) is 0 Å². The van der Waals surface area contributed by atoms with Crippen LogP contribution in [0.5, 0.6) is 5.75 Å². The van der Waals surface area contributed by atoms with Crippen LogP contribution in [-0.2, 0) is 14.2 Å². The second-order valence-electron chi connectivity index (χ2n) is 6.18. The summed E-state index contributed by atoms with van der Waals surface area (Å²) in [6.07, 6.45) is -4.97. The summed E-state index contributed by atoms with van der Waals surface area (Å²) in [5.74, 6) is -0.622. The van der Waals surface area contributed by atoms with Crippen LogP contribution in [0.25, 0.3) is 0 Å². The topological polar surface area (TPSA) is 121 Å². The zero-order chi connectivity index (χ0) is 17.5. The Morgan fingerprint density at radius 3 is 2.58 bits per heavy atom.